The molecule has 0 aromatic heterocycles. The molecule has 4 amide bonds. The number of hydrogen-bond acceptors (Lipinski definition) is 10. The minimum absolute atomic E-state index is 0.00658. The third-order valence-corrected chi connectivity index (χ3v) is 10.2. The van der Waals surface area contributed by atoms with Crippen molar-refractivity contribution in [1.82, 2.24) is 0 Å². The number of aromatic carboxylic acids is 2. The van der Waals surface area contributed by atoms with Gasteiger partial charge in [0.2, 0.25) is 23.6 Å². The van der Waals surface area contributed by atoms with E-state index in [2.05, 4.69) is 0 Å². The second-order valence-electron chi connectivity index (χ2n) is 12.5. The number of carbonyl (C=O) groups is 6. The molecule has 2 aliphatic carbocycles. The smallest absolute Gasteiger partial charge is 0.339 e. The molecule has 2 saturated heterocycles. The number of phenolic OH excluding ortho intramolecular Hbond substituents is 1. The number of benzene rings is 3. The van der Waals surface area contributed by atoms with E-state index < -0.39 is 93.7 Å². The van der Waals surface area contributed by atoms with Gasteiger partial charge in [0.1, 0.15) is 22.6 Å². The van der Waals surface area contributed by atoms with Crippen LogP contribution in [0.15, 0.2) is 66.2 Å². The number of phenols is 3. The molecule has 6 atom stereocenters. The summed E-state index contributed by atoms with van der Waals surface area (Å²) in [6.45, 7) is 0. The summed E-state index contributed by atoms with van der Waals surface area (Å²) in [5, 5.41) is 50.1. The third-order valence-electron chi connectivity index (χ3n) is 10.2. The SMILES string of the molecule is COc1ccc(C2C3=CCC4C(=O)N(c5ccc(C(=O)O)c(O)c5)C(=O)C4C3CC3C(=O)N(c4ccc(C(=O)O)c(O)c4)C(=O)C32)cc1O. The molecule has 1 saturated carbocycles. The van der Waals surface area contributed by atoms with Gasteiger partial charge in [0.25, 0.3) is 0 Å². The Labute approximate surface area is 277 Å². The number of carboxylic acid groups (broad SMARTS) is 2. The number of methoxy groups -OCH3 is 1. The Morgan fingerprint density at radius 3 is 1.73 bits per heavy atom. The topological polar surface area (TPSA) is 219 Å². The van der Waals surface area contributed by atoms with Gasteiger partial charge in [-0.05, 0) is 60.7 Å². The minimum atomic E-state index is -1.40. The number of amides is 4. The van der Waals surface area contributed by atoms with Crippen molar-refractivity contribution in [2.75, 3.05) is 16.9 Å². The number of nitrogens with zero attached hydrogens (tertiary/aromatic N) is 2. The predicted molar refractivity (Wildman–Crippen MR) is 167 cm³/mol. The predicted octanol–water partition coefficient (Wildman–Crippen LogP) is 3.25. The molecule has 5 N–H and O–H groups in total. The molecule has 6 unspecified atom stereocenters. The average molecular weight is 669 g/mol. The molecule has 4 aliphatic rings. The summed E-state index contributed by atoms with van der Waals surface area (Å²) in [7, 11) is 1.37. The largest absolute Gasteiger partial charge is 0.507 e. The second-order valence-corrected chi connectivity index (χ2v) is 12.5. The Balaban J connectivity index is 1.32. The van der Waals surface area contributed by atoms with Gasteiger partial charge < -0.3 is 30.3 Å². The van der Waals surface area contributed by atoms with Gasteiger partial charge in [0.05, 0.1) is 42.2 Å². The molecule has 0 bridgehead atoms. The maximum Gasteiger partial charge on any atom is 0.339 e. The Morgan fingerprint density at radius 2 is 1.22 bits per heavy atom. The van der Waals surface area contributed by atoms with Crippen molar-refractivity contribution in [1.29, 1.82) is 0 Å². The van der Waals surface area contributed by atoms with E-state index in [0.717, 1.165) is 34.1 Å². The van der Waals surface area contributed by atoms with Gasteiger partial charge in [-0.3, -0.25) is 19.2 Å². The first kappa shape index (κ1) is 31.4. The molecule has 3 aromatic rings. The lowest BCUT2D eigenvalue weighted by atomic mass is 9.57. The van der Waals surface area contributed by atoms with Gasteiger partial charge in [0.15, 0.2) is 11.5 Å². The van der Waals surface area contributed by atoms with Crippen LogP contribution in [0.3, 0.4) is 0 Å². The van der Waals surface area contributed by atoms with Gasteiger partial charge in [-0.25, -0.2) is 19.4 Å². The molecule has 3 fully saturated rings. The maximum absolute atomic E-state index is 14.2. The molecule has 2 aliphatic heterocycles. The lowest BCUT2D eigenvalue weighted by Gasteiger charge is -2.44. The van der Waals surface area contributed by atoms with Gasteiger partial charge in [0, 0.05) is 18.1 Å². The van der Waals surface area contributed by atoms with Crippen LogP contribution in [0.2, 0.25) is 0 Å². The second kappa shape index (κ2) is 11.2. The van der Waals surface area contributed by atoms with Crippen LogP contribution in [0.1, 0.15) is 45.0 Å². The van der Waals surface area contributed by atoms with E-state index in [0.29, 0.717) is 11.1 Å². The molecule has 49 heavy (non-hydrogen) atoms. The fourth-order valence-electron chi connectivity index (χ4n) is 8.05. The van der Waals surface area contributed by atoms with Crippen molar-refractivity contribution < 1.29 is 59.0 Å². The number of ether oxygens (including phenoxy) is 1. The zero-order chi connectivity index (χ0) is 35.0. The van der Waals surface area contributed by atoms with Crippen LogP contribution < -0.4 is 14.5 Å². The molecule has 7 rings (SSSR count). The zero-order valence-electron chi connectivity index (χ0n) is 25.6. The van der Waals surface area contributed by atoms with E-state index >= 15 is 0 Å². The first-order chi connectivity index (χ1) is 23.3. The van der Waals surface area contributed by atoms with Gasteiger partial charge in [-0.2, -0.15) is 0 Å². The highest BCUT2D eigenvalue weighted by atomic mass is 16.5. The van der Waals surface area contributed by atoms with Crippen molar-refractivity contribution in [3.05, 3.63) is 82.9 Å². The van der Waals surface area contributed by atoms with E-state index in [1.807, 2.05) is 0 Å². The van der Waals surface area contributed by atoms with Crippen molar-refractivity contribution >= 4 is 46.9 Å². The number of imide groups is 2. The van der Waals surface area contributed by atoms with Crippen molar-refractivity contribution in [3.8, 4) is 23.0 Å². The van der Waals surface area contributed by atoms with Crippen molar-refractivity contribution in [2.24, 2.45) is 29.6 Å². The molecule has 250 valence electrons. The van der Waals surface area contributed by atoms with Crippen molar-refractivity contribution in [2.45, 2.75) is 18.8 Å². The zero-order valence-corrected chi connectivity index (χ0v) is 25.6. The number of carboxylic acids is 2. The quantitative estimate of drug-likeness (QED) is 0.189. The summed E-state index contributed by atoms with van der Waals surface area (Å²) in [4.78, 5) is 81.0. The number of anilines is 2. The summed E-state index contributed by atoms with van der Waals surface area (Å²) in [5.74, 6) is -11.9. The monoisotopic (exact) mass is 668 g/mol. The van der Waals surface area contributed by atoms with Crippen molar-refractivity contribution in [3.63, 3.8) is 0 Å². The number of allylic oxidation sites excluding steroid dienone is 2. The summed E-state index contributed by atoms with van der Waals surface area (Å²) >= 11 is 0. The number of fused-ring (bicyclic) bond motifs is 4. The fraction of sp³-hybridized carbons (Fsp3) is 0.257. The normalized spacial score (nSPS) is 25.9. The number of aromatic hydroxyl groups is 3. The Morgan fingerprint density at radius 1 is 0.673 bits per heavy atom. The highest BCUT2D eigenvalue weighted by molar-refractivity contribution is 6.24. The van der Waals surface area contributed by atoms with Crippen LogP contribution >= 0.6 is 0 Å². The van der Waals surface area contributed by atoms with Crippen LogP contribution in [0.5, 0.6) is 23.0 Å². The van der Waals surface area contributed by atoms with Gasteiger partial charge >= 0.3 is 11.9 Å². The Hall–Kier alpha value is -6.18. The molecular formula is C35H28N2O12. The minimum Gasteiger partial charge on any atom is -0.507 e. The van der Waals surface area contributed by atoms with Crippen LogP contribution in [-0.4, -0.2) is 68.2 Å². The Kier molecular flexibility index (Phi) is 7.19. The molecule has 0 spiro atoms. The van der Waals surface area contributed by atoms with E-state index in [4.69, 9.17) is 4.74 Å². The van der Waals surface area contributed by atoms with Crippen LogP contribution in [0, 0.1) is 29.6 Å². The van der Waals surface area contributed by atoms with E-state index in [1.165, 1.54) is 31.4 Å². The molecular weight excluding hydrogens is 640 g/mol. The summed E-state index contributed by atoms with van der Waals surface area (Å²) in [5.41, 5.74) is 0.202. The highest BCUT2D eigenvalue weighted by Crippen LogP contribution is 2.59. The van der Waals surface area contributed by atoms with E-state index in [9.17, 15) is 54.3 Å². The molecule has 3 aromatic carbocycles. The third kappa shape index (κ3) is 4.62. The van der Waals surface area contributed by atoms with E-state index in [-0.39, 0.29) is 35.7 Å². The summed E-state index contributed by atoms with van der Waals surface area (Å²) in [6.07, 6.45) is 1.91. The molecule has 0 radical (unpaired) electrons. The maximum atomic E-state index is 14.2. The summed E-state index contributed by atoms with van der Waals surface area (Å²) in [6, 6.07) is 11.3. The number of rotatable bonds is 6. The average Bonchev–Trinajstić information content (AvgIpc) is 3.46. The lowest BCUT2D eigenvalue weighted by molar-refractivity contribution is -0.126. The molecule has 14 heteroatoms. The first-order valence-electron chi connectivity index (χ1n) is 15.3. The van der Waals surface area contributed by atoms with Gasteiger partial charge in [-0.1, -0.05) is 17.7 Å². The molecule has 2 heterocycles. The number of carbonyl (C=O) groups excluding carboxylic acids is 4. The van der Waals surface area contributed by atoms with Crippen LogP contribution in [-0.2, 0) is 19.2 Å². The molecule has 14 nitrogen and oxygen atoms in total. The number of hydrogen-bond donors (Lipinski definition) is 5. The van der Waals surface area contributed by atoms with E-state index in [1.54, 1.807) is 12.1 Å². The first-order valence-corrected chi connectivity index (χ1v) is 15.3. The van der Waals surface area contributed by atoms with Gasteiger partial charge in [-0.15, -0.1) is 0 Å². The van der Waals surface area contributed by atoms with Crippen LogP contribution in [0.25, 0.3) is 0 Å². The standard InChI is InChI=1S/C35H28N2O12/c1-49-26-9-2-14(10-25(26)40)27-17-7-8-20-28(32(43)36(30(20)41)15-3-5-18(34(45)46)23(38)11-15)21(17)13-22-29(27)33(44)37(31(22)42)16-4-6-19(35(47)48)24(39)12-16/h2-7,9-12,20-22,27-29,38-40H,8,13H2,1H3,(H,45,46)(H,47,48). The summed E-state index contributed by atoms with van der Waals surface area (Å²) < 4.78 is 5.20. The fourth-order valence-corrected chi connectivity index (χ4v) is 8.05. The highest BCUT2D eigenvalue weighted by Gasteiger charge is 2.62. The lowest BCUT2D eigenvalue weighted by Crippen LogP contribution is -2.43. The van der Waals surface area contributed by atoms with Crippen LogP contribution in [0.4, 0.5) is 11.4 Å². The Bertz CT molecular complexity index is 2050.